The van der Waals surface area contributed by atoms with Crippen LogP contribution < -0.4 is 5.73 Å². The van der Waals surface area contributed by atoms with E-state index in [4.69, 9.17) is 17.3 Å². The number of aromatic nitrogens is 1. The third-order valence-electron chi connectivity index (χ3n) is 5.40. The van der Waals surface area contributed by atoms with Gasteiger partial charge in [0, 0.05) is 27.4 Å². The molecular formula is C24H16BrClN2O. The summed E-state index contributed by atoms with van der Waals surface area (Å²) >= 11 is 10.4. The van der Waals surface area contributed by atoms with Gasteiger partial charge in [-0.05, 0) is 50.5 Å². The molecule has 3 nitrogen and oxygen atoms in total. The smallest absolute Gasteiger partial charge is 0.249 e. The van der Waals surface area contributed by atoms with E-state index < -0.39 is 5.91 Å². The standard InChI is InChI=1S/C24H16BrClN2O/c25-22-15(12-11-14-5-1-2-6-16(14)22)13-28-20-10-4-8-18(24(27)29)21(20)17-7-3-9-19(26)23(17)28/h1-12H,13H2,(H2,27,29). The number of nitrogens with zero attached hydrogens (tertiary/aromatic N) is 1. The third-order valence-corrected chi connectivity index (χ3v) is 6.64. The lowest BCUT2D eigenvalue weighted by Gasteiger charge is -2.12. The highest BCUT2D eigenvalue weighted by Crippen LogP contribution is 2.37. The van der Waals surface area contributed by atoms with E-state index in [9.17, 15) is 4.79 Å². The second kappa shape index (κ2) is 6.90. The number of amides is 1. The Kier molecular flexibility index (Phi) is 4.34. The van der Waals surface area contributed by atoms with Crippen LogP contribution in [0.15, 0.2) is 77.3 Å². The van der Waals surface area contributed by atoms with E-state index in [-0.39, 0.29) is 0 Å². The minimum atomic E-state index is -0.443. The number of para-hydroxylation sites is 1. The van der Waals surface area contributed by atoms with Crippen LogP contribution in [0.3, 0.4) is 0 Å². The van der Waals surface area contributed by atoms with Crippen molar-refractivity contribution in [3.8, 4) is 0 Å². The number of halogens is 2. The monoisotopic (exact) mass is 462 g/mol. The average molecular weight is 464 g/mol. The number of hydrogen-bond donors (Lipinski definition) is 1. The van der Waals surface area contributed by atoms with E-state index in [0.717, 1.165) is 37.2 Å². The van der Waals surface area contributed by atoms with Crippen molar-refractivity contribution >= 4 is 66.0 Å². The first-order chi connectivity index (χ1) is 14.1. The molecule has 0 unspecified atom stereocenters. The van der Waals surface area contributed by atoms with Crippen molar-refractivity contribution in [2.45, 2.75) is 6.54 Å². The van der Waals surface area contributed by atoms with Crippen molar-refractivity contribution in [2.75, 3.05) is 0 Å². The number of nitrogens with two attached hydrogens (primary N) is 1. The third kappa shape index (κ3) is 2.83. The molecule has 29 heavy (non-hydrogen) atoms. The molecule has 0 bridgehead atoms. The lowest BCUT2D eigenvalue weighted by molar-refractivity contribution is 0.100. The van der Waals surface area contributed by atoms with Gasteiger partial charge in [-0.2, -0.15) is 0 Å². The molecule has 0 aliphatic heterocycles. The summed E-state index contributed by atoms with van der Waals surface area (Å²) in [6.07, 6.45) is 0. The van der Waals surface area contributed by atoms with Crippen molar-refractivity contribution in [1.29, 1.82) is 0 Å². The Morgan fingerprint density at radius 1 is 0.931 bits per heavy atom. The van der Waals surface area contributed by atoms with Gasteiger partial charge in [-0.15, -0.1) is 0 Å². The van der Waals surface area contributed by atoms with Crippen LogP contribution in [0.4, 0.5) is 0 Å². The SMILES string of the molecule is NC(=O)c1cccc2c1c1cccc(Cl)c1n2Cc1ccc2ccccc2c1Br. The van der Waals surface area contributed by atoms with Gasteiger partial charge in [0.15, 0.2) is 0 Å². The fourth-order valence-corrected chi connectivity index (χ4v) is 5.00. The summed E-state index contributed by atoms with van der Waals surface area (Å²) in [6.45, 7) is 0.608. The minimum absolute atomic E-state index is 0.443. The van der Waals surface area contributed by atoms with Crippen LogP contribution in [0.25, 0.3) is 32.6 Å². The first-order valence-corrected chi connectivity index (χ1v) is 10.4. The Labute approximate surface area is 180 Å². The maximum atomic E-state index is 12.1. The summed E-state index contributed by atoms with van der Waals surface area (Å²) < 4.78 is 3.22. The normalized spacial score (nSPS) is 11.5. The minimum Gasteiger partial charge on any atom is -0.366 e. The maximum Gasteiger partial charge on any atom is 0.249 e. The number of primary amides is 1. The molecule has 5 rings (SSSR count). The Balaban J connectivity index is 1.82. The topological polar surface area (TPSA) is 48.0 Å². The molecule has 4 aromatic carbocycles. The first-order valence-electron chi connectivity index (χ1n) is 9.21. The summed E-state index contributed by atoms with van der Waals surface area (Å²) in [5.41, 5.74) is 9.14. The van der Waals surface area contributed by atoms with Crippen LogP contribution >= 0.6 is 27.5 Å². The van der Waals surface area contributed by atoms with Crippen LogP contribution in [-0.4, -0.2) is 10.5 Å². The van der Waals surface area contributed by atoms with Crippen LogP contribution in [0.2, 0.25) is 5.02 Å². The van der Waals surface area contributed by atoms with Gasteiger partial charge in [0.05, 0.1) is 16.1 Å². The molecule has 0 spiro atoms. The molecule has 1 heterocycles. The molecule has 0 saturated carbocycles. The zero-order valence-corrected chi connectivity index (χ0v) is 17.7. The molecule has 0 aliphatic carbocycles. The van der Waals surface area contributed by atoms with Gasteiger partial charge >= 0.3 is 0 Å². The van der Waals surface area contributed by atoms with Gasteiger partial charge in [0.1, 0.15) is 0 Å². The van der Waals surface area contributed by atoms with Gasteiger partial charge in [0.2, 0.25) is 5.91 Å². The van der Waals surface area contributed by atoms with Crippen LogP contribution in [0, 0.1) is 0 Å². The lowest BCUT2D eigenvalue weighted by atomic mass is 10.1. The predicted octanol–water partition coefficient (Wildman–Crippen LogP) is 6.51. The van der Waals surface area contributed by atoms with E-state index in [0.29, 0.717) is 17.1 Å². The molecular weight excluding hydrogens is 448 g/mol. The molecule has 0 radical (unpaired) electrons. The average Bonchev–Trinajstić information content (AvgIpc) is 3.05. The Morgan fingerprint density at radius 2 is 1.69 bits per heavy atom. The largest absolute Gasteiger partial charge is 0.366 e. The highest BCUT2D eigenvalue weighted by molar-refractivity contribution is 9.10. The van der Waals surface area contributed by atoms with Crippen LogP contribution in [0.5, 0.6) is 0 Å². The zero-order valence-electron chi connectivity index (χ0n) is 15.3. The molecule has 1 aromatic heterocycles. The quantitative estimate of drug-likeness (QED) is 0.326. The molecule has 2 N–H and O–H groups in total. The Hall–Kier alpha value is -2.82. The van der Waals surface area contributed by atoms with Crippen molar-refractivity contribution in [3.63, 3.8) is 0 Å². The number of carbonyl (C=O) groups is 1. The van der Waals surface area contributed by atoms with Crippen molar-refractivity contribution in [2.24, 2.45) is 5.73 Å². The number of rotatable bonds is 3. The van der Waals surface area contributed by atoms with Gasteiger partial charge in [-0.25, -0.2) is 0 Å². The van der Waals surface area contributed by atoms with Gasteiger partial charge in [-0.3, -0.25) is 4.79 Å². The fraction of sp³-hybridized carbons (Fsp3) is 0.0417. The molecule has 0 fully saturated rings. The van der Waals surface area contributed by atoms with Crippen molar-refractivity contribution in [1.82, 2.24) is 4.57 Å². The van der Waals surface area contributed by atoms with E-state index in [1.807, 2.05) is 42.5 Å². The Bertz CT molecular complexity index is 1440. The van der Waals surface area contributed by atoms with E-state index >= 15 is 0 Å². The van der Waals surface area contributed by atoms with E-state index in [1.54, 1.807) is 6.07 Å². The summed E-state index contributed by atoms with van der Waals surface area (Å²) in [6, 6.07) is 23.9. The molecule has 1 amide bonds. The molecule has 142 valence electrons. The number of carbonyl (C=O) groups excluding carboxylic acids is 1. The van der Waals surface area contributed by atoms with Gasteiger partial charge in [0.25, 0.3) is 0 Å². The highest BCUT2D eigenvalue weighted by atomic mass is 79.9. The summed E-state index contributed by atoms with van der Waals surface area (Å²) in [4.78, 5) is 12.1. The van der Waals surface area contributed by atoms with Crippen molar-refractivity contribution < 1.29 is 4.79 Å². The fourth-order valence-electron chi connectivity index (χ4n) is 4.10. The first kappa shape index (κ1) is 18.2. The molecule has 5 aromatic rings. The molecule has 5 heteroatoms. The lowest BCUT2D eigenvalue weighted by Crippen LogP contribution is -2.11. The second-order valence-corrected chi connectivity index (χ2v) is 8.25. The van der Waals surface area contributed by atoms with E-state index in [2.05, 4.69) is 44.8 Å². The number of hydrogen-bond acceptors (Lipinski definition) is 1. The van der Waals surface area contributed by atoms with E-state index in [1.165, 1.54) is 5.39 Å². The second-order valence-electron chi connectivity index (χ2n) is 7.05. The zero-order chi connectivity index (χ0) is 20.1. The summed E-state index contributed by atoms with van der Waals surface area (Å²) in [7, 11) is 0. The Morgan fingerprint density at radius 3 is 2.52 bits per heavy atom. The highest BCUT2D eigenvalue weighted by Gasteiger charge is 2.19. The predicted molar refractivity (Wildman–Crippen MR) is 124 cm³/mol. The van der Waals surface area contributed by atoms with Crippen LogP contribution in [0.1, 0.15) is 15.9 Å². The van der Waals surface area contributed by atoms with Gasteiger partial charge in [-0.1, -0.05) is 66.2 Å². The maximum absolute atomic E-state index is 12.1. The van der Waals surface area contributed by atoms with Crippen LogP contribution in [-0.2, 0) is 6.54 Å². The number of fused-ring (bicyclic) bond motifs is 4. The molecule has 0 saturated heterocycles. The molecule has 0 aliphatic rings. The number of benzene rings is 4. The van der Waals surface area contributed by atoms with Crippen molar-refractivity contribution in [3.05, 3.63) is 93.4 Å². The summed E-state index contributed by atoms with van der Waals surface area (Å²) in [5.74, 6) is -0.443. The van der Waals surface area contributed by atoms with Gasteiger partial charge < -0.3 is 10.3 Å². The molecule has 0 atom stereocenters. The summed E-state index contributed by atoms with van der Waals surface area (Å²) in [5, 5.41) is 4.76.